The normalized spacial score (nSPS) is 12.0. The molecule has 0 fully saturated rings. The Morgan fingerprint density at radius 2 is 1.73 bits per heavy atom. The zero-order chi connectivity index (χ0) is 25.0. The van der Waals surface area contributed by atoms with Crippen molar-refractivity contribution in [3.8, 4) is 5.75 Å². The van der Waals surface area contributed by atoms with Crippen LogP contribution in [0.4, 0.5) is 24.5 Å². The summed E-state index contributed by atoms with van der Waals surface area (Å²) in [6.07, 6.45) is -4.59. The Morgan fingerprint density at radius 3 is 2.24 bits per heavy atom. The third-order valence-electron chi connectivity index (χ3n) is 4.78. The van der Waals surface area contributed by atoms with Gasteiger partial charge >= 0.3 is 6.18 Å². The Bertz CT molecular complexity index is 1100. The van der Waals surface area contributed by atoms with Gasteiger partial charge in [-0.15, -0.1) is 0 Å². The second-order valence-corrected chi connectivity index (χ2v) is 9.18. The summed E-state index contributed by atoms with van der Waals surface area (Å²) in [5.74, 6) is -0.728. The summed E-state index contributed by atoms with van der Waals surface area (Å²) in [6, 6.07) is 6.52. The Kier molecular flexibility index (Phi) is 8.36. The maximum absolute atomic E-state index is 13.3. The molecule has 2 N–H and O–H groups in total. The van der Waals surface area contributed by atoms with Gasteiger partial charge in [0.25, 0.3) is 5.91 Å². The minimum absolute atomic E-state index is 0.0287. The number of ether oxygens (including phenoxy) is 1. The molecule has 0 heterocycles. The van der Waals surface area contributed by atoms with Gasteiger partial charge in [-0.2, -0.15) is 13.2 Å². The van der Waals surface area contributed by atoms with Crippen LogP contribution in [0.5, 0.6) is 5.75 Å². The van der Waals surface area contributed by atoms with Gasteiger partial charge in [0.2, 0.25) is 10.0 Å². The summed E-state index contributed by atoms with van der Waals surface area (Å²) in [5, 5.41) is 2.51. The van der Waals surface area contributed by atoms with Crippen LogP contribution in [-0.4, -0.2) is 40.6 Å². The fourth-order valence-electron chi connectivity index (χ4n) is 3.25. The molecule has 0 aromatic heterocycles. The molecular weight excluding hydrogens is 459 g/mol. The van der Waals surface area contributed by atoms with Crippen LogP contribution in [0.2, 0.25) is 0 Å². The third kappa shape index (κ3) is 6.38. The van der Waals surface area contributed by atoms with Crippen molar-refractivity contribution in [1.82, 2.24) is 4.72 Å². The van der Waals surface area contributed by atoms with Crippen molar-refractivity contribution in [3.63, 3.8) is 0 Å². The molecule has 33 heavy (non-hydrogen) atoms. The highest BCUT2D eigenvalue weighted by Crippen LogP contribution is 2.36. The fraction of sp³-hybridized carbons (Fsp3) is 0.409. The smallest absolute Gasteiger partial charge is 0.416 e. The first-order valence-electron chi connectivity index (χ1n) is 10.3. The molecule has 0 unspecified atom stereocenters. The molecule has 182 valence electrons. The first-order chi connectivity index (χ1) is 15.3. The van der Waals surface area contributed by atoms with Gasteiger partial charge in [-0.1, -0.05) is 0 Å². The summed E-state index contributed by atoms with van der Waals surface area (Å²) in [5.41, 5.74) is -0.570. The van der Waals surface area contributed by atoms with Crippen LogP contribution >= 0.6 is 0 Å². The lowest BCUT2D eigenvalue weighted by molar-refractivity contribution is -0.137. The molecule has 2 rings (SSSR count). The average molecular weight is 488 g/mol. The number of carbonyl (C=O) groups excluding carboxylic acids is 1. The Labute approximate surface area is 192 Å². The minimum Gasteiger partial charge on any atom is -0.495 e. The number of hydrogen-bond donors (Lipinski definition) is 2. The van der Waals surface area contributed by atoms with E-state index in [1.54, 1.807) is 18.7 Å². The van der Waals surface area contributed by atoms with Crippen molar-refractivity contribution in [2.24, 2.45) is 0 Å². The van der Waals surface area contributed by atoms with E-state index in [2.05, 4.69) is 10.0 Å². The van der Waals surface area contributed by atoms with E-state index >= 15 is 0 Å². The summed E-state index contributed by atoms with van der Waals surface area (Å²) in [6.45, 7) is 7.99. The highest BCUT2D eigenvalue weighted by Gasteiger charge is 2.32. The van der Waals surface area contributed by atoms with Gasteiger partial charge < -0.3 is 15.0 Å². The van der Waals surface area contributed by atoms with Crippen molar-refractivity contribution in [3.05, 3.63) is 47.5 Å². The number of nitrogens with zero attached hydrogens (tertiary/aromatic N) is 1. The van der Waals surface area contributed by atoms with E-state index in [0.29, 0.717) is 18.8 Å². The molecule has 2 aromatic carbocycles. The van der Waals surface area contributed by atoms with Crippen molar-refractivity contribution in [2.75, 3.05) is 30.4 Å². The lowest BCUT2D eigenvalue weighted by Crippen LogP contribution is -2.30. The van der Waals surface area contributed by atoms with E-state index in [1.165, 1.54) is 25.3 Å². The van der Waals surface area contributed by atoms with Crippen molar-refractivity contribution < 1.29 is 31.1 Å². The molecule has 0 atom stereocenters. The number of benzene rings is 2. The van der Waals surface area contributed by atoms with Gasteiger partial charge in [-0.05, 0) is 64.1 Å². The number of anilines is 2. The lowest BCUT2D eigenvalue weighted by atomic mass is 10.1. The van der Waals surface area contributed by atoms with Crippen LogP contribution in [0.1, 0.15) is 43.6 Å². The van der Waals surface area contributed by atoms with E-state index < -0.39 is 33.7 Å². The zero-order valence-electron chi connectivity index (χ0n) is 19.1. The summed E-state index contributed by atoms with van der Waals surface area (Å²) in [4.78, 5) is 14.5. The number of carbonyl (C=O) groups is 1. The van der Waals surface area contributed by atoms with Gasteiger partial charge in [-0.3, -0.25) is 4.79 Å². The molecule has 0 radical (unpaired) electrons. The molecule has 2 aromatic rings. The Morgan fingerprint density at radius 1 is 1.09 bits per heavy atom. The SMILES string of the molecule is CCN(CC)c1ccc(C(F)(F)F)cc1NC(=O)c1ccc(OC)c(S(=O)(=O)NC(C)C)c1. The average Bonchev–Trinajstić information content (AvgIpc) is 2.73. The third-order valence-corrected chi connectivity index (χ3v) is 6.46. The van der Waals surface area contributed by atoms with E-state index in [9.17, 15) is 26.4 Å². The van der Waals surface area contributed by atoms with Crippen LogP contribution in [0.25, 0.3) is 0 Å². The largest absolute Gasteiger partial charge is 0.495 e. The number of nitrogens with one attached hydrogen (secondary N) is 2. The van der Waals surface area contributed by atoms with Crippen molar-refractivity contribution >= 4 is 27.3 Å². The van der Waals surface area contributed by atoms with Crippen molar-refractivity contribution in [2.45, 2.75) is 44.8 Å². The summed E-state index contributed by atoms with van der Waals surface area (Å²) >= 11 is 0. The van der Waals surface area contributed by atoms with Crippen LogP contribution in [0.3, 0.4) is 0 Å². The second-order valence-electron chi connectivity index (χ2n) is 7.50. The molecule has 1 amide bonds. The highest BCUT2D eigenvalue weighted by atomic mass is 32.2. The standard InChI is InChI=1S/C22H28F3N3O4S/c1-6-28(7-2)18-10-9-16(22(23,24)25)13-17(18)26-21(29)15-8-11-19(32-5)20(12-15)33(30,31)27-14(3)4/h8-14,27H,6-7H2,1-5H3,(H,26,29). The van der Waals surface area contributed by atoms with E-state index in [-0.39, 0.29) is 21.9 Å². The molecule has 0 saturated heterocycles. The number of hydrogen-bond acceptors (Lipinski definition) is 5. The molecule has 0 saturated carbocycles. The zero-order valence-corrected chi connectivity index (χ0v) is 19.9. The first kappa shape index (κ1) is 26.5. The maximum atomic E-state index is 13.3. The fourth-order valence-corrected chi connectivity index (χ4v) is 4.69. The van der Waals surface area contributed by atoms with Gasteiger partial charge in [0.15, 0.2) is 0 Å². The lowest BCUT2D eigenvalue weighted by Gasteiger charge is -2.25. The van der Waals surface area contributed by atoms with Crippen LogP contribution in [0.15, 0.2) is 41.3 Å². The van der Waals surface area contributed by atoms with Crippen LogP contribution in [-0.2, 0) is 16.2 Å². The monoisotopic (exact) mass is 487 g/mol. The molecule has 0 aliphatic rings. The van der Waals surface area contributed by atoms with E-state index in [1.807, 2.05) is 13.8 Å². The number of sulfonamides is 1. The molecule has 0 aliphatic heterocycles. The number of methoxy groups -OCH3 is 1. The van der Waals surface area contributed by atoms with E-state index in [4.69, 9.17) is 4.74 Å². The molecule has 11 heteroatoms. The summed E-state index contributed by atoms with van der Waals surface area (Å²) in [7, 11) is -2.70. The Hall–Kier alpha value is -2.79. The highest BCUT2D eigenvalue weighted by molar-refractivity contribution is 7.89. The number of halogens is 3. The maximum Gasteiger partial charge on any atom is 0.416 e. The topological polar surface area (TPSA) is 87.7 Å². The quantitative estimate of drug-likeness (QED) is 0.544. The van der Waals surface area contributed by atoms with Gasteiger partial charge in [0.1, 0.15) is 10.6 Å². The Balaban J connectivity index is 2.52. The number of rotatable bonds is 9. The van der Waals surface area contributed by atoms with Crippen molar-refractivity contribution in [1.29, 1.82) is 0 Å². The van der Waals surface area contributed by atoms with E-state index in [0.717, 1.165) is 18.2 Å². The van der Waals surface area contributed by atoms with Gasteiger partial charge in [0.05, 0.1) is 24.0 Å². The van der Waals surface area contributed by atoms with Gasteiger partial charge in [-0.25, -0.2) is 13.1 Å². The predicted octanol–water partition coefficient (Wildman–Crippen LogP) is 4.50. The molecular formula is C22H28F3N3O4S. The summed E-state index contributed by atoms with van der Waals surface area (Å²) < 4.78 is 72.7. The molecule has 7 nitrogen and oxygen atoms in total. The number of amides is 1. The number of alkyl halides is 3. The molecule has 0 aliphatic carbocycles. The first-order valence-corrected chi connectivity index (χ1v) is 11.8. The second kappa shape index (κ2) is 10.4. The predicted molar refractivity (Wildman–Crippen MR) is 121 cm³/mol. The minimum atomic E-state index is -4.59. The van der Waals surface area contributed by atoms with Crippen LogP contribution in [0, 0.1) is 0 Å². The van der Waals surface area contributed by atoms with Gasteiger partial charge in [0, 0.05) is 24.7 Å². The van der Waals surface area contributed by atoms with Crippen LogP contribution < -0.4 is 19.7 Å². The molecule has 0 bridgehead atoms. The molecule has 0 spiro atoms.